The summed E-state index contributed by atoms with van der Waals surface area (Å²) in [5.41, 5.74) is 11.8. The van der Waals surface area contributed by atoms with Crippen LogP contribution in [0.2, 0.25) is 0 Å². The smallest absolute Gasteiger partial charge is 0.335 e. The summed E-state index contributed by atoms with van der Waals surface area (Å²) in [6.07, 6.45) is 2.82. The van der Waals surface area contributed by atoms with E-state index in [1.54, 1.807) is 30.3 Å². The predicted molar refractivity (Wildman–Crippen MR) is 131 cm³/mol. The fourth-order valence-corrected chi connectivity index (χ4v) is 4.85. The van der Waals surface area contributed by atoms with Gasteiger partial charge in [0.25, 0.3) is 0 Å². The van der Waals surface area contributed by atoms with Crippen molar-refractivity contribution in [2.24, 2.45) is 0 Å². The minimum atomic E-state index is -0.998. The first-order chi connectivity index (χ1) is 16.5. The van der Waals surface area contributed by atoms with Crippen LogP contribution in [0.3, 0.4) is 0 Å². The molecule has 5 rings (SSSR count). The molecule has 4 aromatic rings. The van der Waals surface area contributed by atoms with E-state index in [9.17, 15) is 14.3 Å². The first kappa shape index (κ1) is 21.9. The van der Waals surface area contributed by atoms with Gasteiger partial charge in [-0.15, -0.1) is 0 Å². The molecular weight excluding hydrogens is 433 g/mol. The molecule has 1 aromatic heterocycles. The van der Waals surface area contributed by atoms with Crippen molar-refractivity contribution >= 4 is 28.8 Å². The number of nitrogens with zero attached hydrogens (tertiary/aromatic N) is 1. The summed E-state index contributed by atoms with van der Waals surface area (Å²) < 4.78 is 21.5. The van der Waals surface area contributed by atoms with Gasteiger partial charge in [-0.25, -0.2) is 9.18 Å². The van der Waals surface area contributed by atoms with Gasteiger partial charge in [-0.1, -0.05) is 12.1 Å². The van der Waals surface area contributed by atoms with Gasteiger partial charge in [-0.2, -0.15) is 0 Å². The number of benzene rings is 3. The van der Waals surface area contributed by atoms with Crippen LogP contribution in [0.1, 0.15) is 40.4 Å². The van der Waals surface area contributed by atoms with Crippen molar-refractivity contribution in [2.75, 3.05) is 18.9 Å². The molecule has 172 valence electrons. The second kappa shape index (κ2) is 8.76. The van der Waals surface area contributed by atoms with E-state index in [1.165, 1.54) is 18.3 Å². The van der Waals surface area contributed by atoms with E-state index in [2.05, 4.69) is 4.57 Å². The number of hydrogen-bond donors (Lipinski definition) is 3. The molecule has 0 bridgehead atoms. The Kier molecular flexibility index (Phi) is 5.63. The van der Waals surface area contributed by atoms with Crippen molar-refractivity contribution in [1.29, 1.82) is 5.41 Å². The number of halogens is 1. The van der Waals surface area contributed by atoms with Gasteiger partial charge in [0.05, 0.1) is 11.1 Å². The highest BCUT2D eigenvalue weighted by molar-refractivity contribution is 6.05. The minimum absolute atomic E-state index is 0.138. The topological polar surface area (TPSA) is 101 Å². The summed E-state index contributed by atoms with van der Waals surface area (Å²) in [4.78, 5) is 11.7. The van der Waals surface area contributed by atoms with Gasteiger partial charge in [0.15, 0.2) is 0 Å². The van der Waals surface area contributed by atoms with Crippen molar-refractivity contribution in [1.82, 2.24) is 4.57 Å². The number of nitrogen functional groups attached to an aromatic ring is 1. The number of carboxylic acids is 1. The van der Waals surface area contributed by atoms with Crippen LogP contribution in [-0.2, 0) is 4.74 Å². The number of aromatic nitrogens is 1. The van der Waals surface area contributed by atoms with E-state index in [1.807, 2.05) is 18.2 Å². The molecule has 1 aliphatic heterocycles. The number of hydrogen-bond acceptors (Lipinski definition) is 4. The molecule has 0 unspecified atom stereocenters. The zero-order valence-corrected chi connectivity index (χ0v) is 18.4. The molecule has 0 saturated carbocycles. The number of carbonyl (C=O) groups is 1. The molecule has 0 amide bonds. The third-order valence-electron chi connectivity index (χ3n) is 6.46. The van der Waals surface area contributed by atoms with Crippen LogP contribution in [0.4, 0.5) is 10.1 Å². The van der Waals surface area contributed by atoms with E-state index >= 15 is 0 Å². The molecule has 7 heteroatoms. The molecule has 2 heterocycles. The minimum Gasteiger partial charge on any atom is -0.478 e. The maximum absolute atomic E-state index is 13.8. The second-order valence-electron chi connectivity index (χ2n) is 8.49. The number of nitrogens with two attached hydrogens (primary N) is 1. The van der Waals surface area contributed by atoms with Crippen molar-refractivity contribution in [2.45, 2.75) is 18.8 Å². The summed E-state index contributed by atoms with van der Waals surface area (Å²) in [7, 11) is 0. The van der Waals surface area contributed by atoms with Gasteiger partial charge in [-0.05, 0) is 66.9 Å². The fourth-order valence-electron chi connectivity index (χ4n) is 4.85. The average Bonchev–Trinajstić information content (AvgIpc) is 3.18. The lowest BCUT2D eigenvalue weighted by Gasteiger charge is -2.26. The third-order valence-corrected chi connectivity index (χ3v) is 6.46. The zero-order chi connectivity index (χ0) is 23.8. The van der Waals surface area contributed by atoms with Crippen LogP contribution in [0.25, 0.3) is 27.7 Å². The highest BCUT2D eigenvalue weighted by Crippen LogP contribution is 2.44. The van der Waals surface area contributed by atoms with E-state index in [4.69, 9.17) is 15.9 Å². The molecule has 0 spiro atoms. The van der Waals surface area contributed by atoms with Crippen LogP contribution >= 0.6 is 0 Å². The zero-order valence-electron chi connectivity index (χ0n) is 18.4. The van der Waals surface area contributed by atoms with Crippen LogP contribution in [0.15, 0.2) is 60.7 Å². The van der Waals surface area contributed by atoms with E-state index in [-0.39, 0.29) is 17.3 Å². The molecular formula is C27H24FN3O3. The monoisotopic (exact) mass is 457 g/mol. The van der Waals surface area contributed by atoms with Crippen LogP contribution in [0.5, 0.6) is 0 Å². The van der Waals surface area contributed by atoms with Gasteiger partial charge in [0.1, 0.15) is 5.82 Å². The molecule has 1 aliphatic rings. The number of rotatable bonds is 5. The molecule has 0 aliphatic carbocycles. The Balaban J connectivity index is 1.91. The standard InChI is InChI=1S/C27H24FN3O3/c28-20-4-6-21(7-5-20)31-24-13-19(15-29)23(30)14-22(24)25(26(31)16-8-10-34-11-9-16)17-2-1-3-18(12-17)27(32)33/h1-7,12-16,29H,8-11,30H2,(H,32,33). The Hall–Kier alpha value is -3.97. The summed E-state index contributed by atoms with van der Waals surface area (Å²) in [6, 6.07) is 16.9. The quantitative estimate of drug-likeness (QED) is 0.268. The Morgan fingerprint density at radius 3 is 2.53 bits per heavy atom. The number of anilines is 1. The van der Waals surface area contributed by atoms with E-state index in [0.717, 1.165) is 46.3 Å². The van der Waals surface area contributed by atoms with Crippen molar-refractivity contribution in [3.05, 3.63) is 83.3 Å². The highest BCUT2D eigenvalue weighted by atomic mass is 19.1. The highest BCUT2D eigenvalue weighted by Gasteiger charge is 2.28. The van der Waals surface area contributed by atoms with Crippen LogP contribution < -0.4 is 5.73 Å². The molecule has 0 radical (unpaired) electrons. The first-order valence-corrected chi connectivity index (χ1v) is 11.1. The average molecular weight is 458 g/mol. The molecule has 6 nitrogen and oxygen atoms in total. The van der Waals surface area contributed by atoms with Gasteiger partial charge in [0.2, 0.25) is 0 Å². The largest absolute Gasteiger partial charge is 0.478 e. The Labute approximate surface area is 195 Å². The van der Waals surface area contributed by atoms with Crippen molar-refractivity contribution in [3.8, 4) is 16.8 Å². The first-order valence-electron chi connectivity index (χ1n) is 11.1. The third kappa shape index (κ3) is 3.74. The predicted octanol–water partition coefficient (Wildman–Crippen LogP) is 5.61. The Morgan fingerprint density at radius 2 is 1.85 bits per heavy atom. The van der Waals surface area contributed by atoms with Gasteiger partial charge < -0.3 is 25.6 Å². The lowest BCUT2D eigenvalue weighted by Crippen LogP contribution is -2.17. The number of nitrogens with one attached hydrogen (secondary N) is 1. The molecule has 1 fully saturated rings. The summed E-state index contributed by atoms with van der Waals surface area (Å²) in [5, 5.41) is 18.3. The normalized spacial score (nSPS) is 14.4. The molecule has 1 saturated heterocycles. The maximum Gasteiger partial charge on any atom is 0.335 e. The van der Waals surface area contributed by atoms with Crippen LogP contribution in [-0.4, -0.2) is 35.1 Å². The fraction of sp³-hybridized carbons (Fsp3) is 0.185. The van der Waals surface area contributed by atoms with E-state index in [0.29, 0.717) is 24.5 Å². The summed E-state index contributed by atoms with van der Waals surface area (Å²) in [5.74, 6) is -1.19. The number of aromatic carboxylic acids is 1. The maximum atomic E-state index is 13.8. The lowest BCUT2D eigenvalue weighted by molar-refractivity contribution is 0.0697. The molecule has 4 N–H and O–H groups in total. The van der Waals surface area contributed by atoms with Crippen LogP contribution in [0, 0.1) is 11.2 Å². The SMILES string of the molecule is N=Cc1cc2c(cc1N)c(-c1cccc(C(=O)O)c1)c(C1CCOCC1)n2-c1ccc(F)cc1. The van der Waals surface area contributed by atoms with Crippen molar-refractivity contribution < 1.29 is 19.0 Å². The van der Waals surface area contributed by atoms with E-state index < -0.39 is 5.97 Å². The van der Waals surface area contributed by atoms with Gasteiger partial charge in [0, 0.05) is 58.9 Å². The molecule has 3 aromatic carbocycles. The molecule has 34 heavy (non-hydrogen) atoms. The number of ether oxygens (including phenoxy) is 1. The summed E-state index contributed by atoms with van der Waals surface area (Å²) in [6.45, 7) is 1.25. The summed E-state index contributed by atoms with van der Waals surface area (Å²) >= 11 is 0. The lowest BCUT2D eigenvalue weighted by atomic mass is 9.89. The van der Waals surface area contributed by atoms with Crippen molar-refractivity contribution in [3.63, 3.8) is 0 Å². The number of fused-ring (bicyclic) bond motifs is 1. The Morgan fingerprint density at radius 1 is 1.12 bits per heavy atom. The number of carboxylic acid groups (broad SMARTS) is 1. The van der Waals surface area contributed by atoms with Gasteiger partial charge >= 0.3 is 5.97 Å². The Bertz CT molecular complexity index is 1400. The van der Waals surface area contributed by atoms with Gasteiger partial charge in [-0.3, -0.25) is 0 Å². The molecule has 0 atom stereocenters. The second-order valence-corrected chi connectivity index (χ2v) is 8.49.